The summed E-state index contributed by atoms with van der Waals surface area (Å²) in [6, 6.07) is 5.14. The molecule has 142 valence electrons. The Labute approximate surface area is 152 Å². The van der Waals surface area contributed by atoms with Gasteiger partial charge in [0.25, 0.3) is 0 Å². The summed E-state index contributed by atoms with van der Waals surface area (Å²) in [6.07, 6.45) is 0. The second-order valence-electron chi connectivity index (χ2n) is 6.86. The molecule has 0 aliphatic carbocycles. The lowest BCUT2D eigenvalue weighted by Crippen LogP contribution is -2.48. The fourth-order valence-electron chi connectivity index (χ4n) is 2.74. The molecule has 1 fully saturated rings. The molecule has 2 N–H and O–H groups in total. The van der Waals surface area contributed by atoms with Crippen molar-refractivity contribution in [3.8, 4) is 11.5 Å². The van der Waals surface area contributed by atoms with E-state index in [0.717, 1.165) is 32.8 Å². The first-order chi connectivity index (χ1) is 12.5. The third-order valence-corrected chi connectivity index (χ3v) is 4.58. The number of hydrogen-bond donors (Lipinski definition) is 2. The van der Waals surface area contributed by atoms with Crippen LogP contribution < -0.4 is 20.1 Å². The van der Waals surface area contributed by atoms with Crippen LogP contribution in [0.3, 0.4) is 0 Å². The number of anilines is 1. The number of rotatable bonds is 6. The molecule has 0 aromatic heterocycles. The summed E-state index contributed by atoms with van der Waals surface area (Å²) in [6.45, 7) is 7.81. The molecular formula is C18H25N3O5. The minimum atomic E-state index is -1.19. The maximum atomic E-state index is 12.6. The standard InChI is InChI=1S/C18H25N3O5/c1-18(2,16(22)19-5-6-21-7-9-24-10-8-21)17(23)20-13-3-4-14-15(11-13)26-12-25-14/h3-4,11H,5-10,12H2,1-2H3,(H,19,22)(H,20,23). The monoisotopic (exact) mass is 363 g/mol. The molecule has 2 aliphatic rings. The van der Waals surface area contributed by atoms with Gasteiger partial charge in [0.15, 0.2) is 11.5 Å². The van der Waals surface area contributed by atoms with E-state index in [4.69, 9.17) is 14.2 Å². The van der Waals surface area contributed by atoms with Gasteiger partial charge in [-0.15, -0.1) is 0 Å². The number of hydrogen-bond acceptors (Lipinski definition) is 6. The van der Waals surface area contributed by atoms with Gasteiger partial charge in [0, 0.05) is 37.9 Å². The van der Waals surface area contributed by atoms with Crippen molar-refractivity contribution in [1.29, 1.82) is 0 Å². The second kappa shape index (κ2) is 7.92. The summed E-state index contributed by atoms with van der Waals surface area (Å²) in [5.74, 6) is 0.544. The van der Waals surface area contributed by atoms with Crippen LogP contribution in [0.2, 0.25) is 0 Å². The van der Waals surface area contributed by atoms with Gasteiger partial charge in [0.2, 0.25) is 18.6 Å². The van der Waals surface area contributed by atoms with Crippen molar-refractivity contribution in [3.05, 3.63) is 18.2 Å². The highest BCUT2D eigenvalue weighted by Crippen LogP contribution is 2.34. The number of ether oxygens (including phenoxy) is 3. The summed E-state index contributed by atoms with van der Waals surface area (Å²) in [7, 11) is 0. The Morgan fingerprint density at radius 1 is 1.12 bits per heavy atom. The van der Waals surface area contributed by atoms with Gasteiger partial charge < -0.3 is 24.8 Å². The minimum Gasteiger partial charge on any atom is -0.454 e. The molecule has 1 aromatic carbocycles. The Morgan fingerprint density at radius 2 is 1.85 bits per heavy atom. The highest BCUT2D eigenvalue weighted by molar-refractivity contribution is 6.09. The average molecular weight is 363 g/mol. The van der Waals surface area contributed by atoms with E-state index in [1.54, 1.807) is 32.0 Å². The van der Waals surface area contributed by atoms with E-state index in [1.807, 2.05) is 0 Å². The maximum absolute atomic E-state index is 12.6. The number of carbonyl (C=O) groups excluding carboxylic acids is 2. The first-order valence-electron chi connectivity index (χ1n) is 8.76. The number of nitrogens with one attached hydrogen (secondary N) is 2. The van der Waals surface area contributed by atoms with Crippen LogP contribution in [0.25, 0.3) is 0 Å². The van der Waals surface area contributed by atoms with Crippen molar-refractivity contribution >= 4 is 17.5 Å². The number of nitrogens with zero attached hydrogens (tertiary/aromatic N) is 1. The normalized spacial score (nSPS) is 17.0. The van der Waals surface area contributed by atoms with Crippen molar-refractivity contribution < 1.29 is 23.8 Å². The minimum absolute atomic E-state index is 0.170. The van der Waals surface area contributed by atoms with Gasteiger partial charge in [-0.1, -0.05) is 0 Å². The number of amides is 2. The molecule has 0 saturated carbocycles. The lowest BCUT2D eigenvalue weighted by atomic mass is 9.91. The quantitative estimate of drug-likeness (QED) is 0.728. The Hall–Kier alpha value is -2.32. The molecule has 8 nitrogen and oxygen atoms in total. The van der Waals surface area contributed by atoms with E-state index in [0.29, 0.717) is 23.7 Å². The van der Waals surface area contributed by atoms with E-state index in [-0.39, 0.29) is 18.6 Å². The summed E-state index contributed by atoms with van der Waals surface area (Å²) in [5, 5.41) is 5.62. The lowest BCUT2D eigenvalue weighted by Gasteiger charge is -2.27. The highest BCUT2D eigenvalue weighted by atomic mass is 16.7. The molecule has 26 heavy (non-hydrogen) atoms. The van der Waals surface area contributed by atoms with Gasteiger partial charge in [-0.05, 0) is 26.0 Å². The molecular weight excluding hydrogens is 338 g/mol. The van der Waals surface area contributed by atoms with Gasteiger partial charge in [0.1, 0.15) is 5.41 Å². The number of fused-ring (bicyclic) bond motifs is 1. The van der Waals surface area contributed by atoms with Crippen LogP contribution in [-0.2, 0) is 14.3 Å². The summed E-state index contributed by atoms with van der Waals surface area (Å²) < 4.78 is 15.8. The molecule has 0 atom stereocenters. The van der Waals surface area contributed by atoms with Gasteiger partial charge in [-0.2, -0.15) is 0 Å². The van der Waals surface area contributed by atoms with Gasteiger partial charge >= 0.3 is 0 Å². The van der Waals surface area contributed by atoms with Crippen molar-refractivity contribution in [2.75, 3.05) is 51.5 Å². The summed E-state index contributed by atoms with van der Waals surface area (Å²) in [4.78, 5) is 27.3. The SMILES string of the molecule is CC(C)(C(=O)NCCN1CCOCC1)C(=O)Nc1ccc2c(c1)OCO2. The van der Waals surface area contributed by atoms with E-state index in [2.05, 4.69) is 15.5 Å². The predicted molar refractivity (Wildman–Crippen MR) is 95.2 cm³/mol. The molecule has 2 heterocycles. The third kappa shape index (κ3) is 4.25. The fraction of sp³-hybridized carbons (Fsp3) is 0.556. The molecule has 0 unspecified atom stereocenters. The predicted octanol–water partition coefficient (Wildman–Crippen LogP) is 0.828. The maximum Gasteiger partial charge on any atom is 0.239 e. The van der Waals surface area contributed by atoms with Gasteiger partial charge in [-0.25, -0.2) is 0 Å². The van der Waals surface area contributed by atoms with Crippen LogP contribution in [0.1, 0.15) is 13.8 Å². The van der Waals surface area contributed by atoms with Crippen molar-refractivity contribution in [2.45, 2.75) is 13.8 Å². The molecule has 1 aromatic rings. The molecule has 0 radical (unpaired) electrons. The fourth-order valence-corrected chi connectivity index (χ4v) is 2.74. The largest absolute Gasteiger partial charge is 0.454 e. The Balaban J connectivity index is 1.50. The Morgan fingerprint density at radius 3 is 2.62 bits per heavy atom. The van der Waals surface area contributed by atoms with Gasteiger partial charge in [0.05, 0.1) is 13.2 Å². The van der Waals surface area contributed by atoms with Crippen molar-refractivity contribution in [3.63, 3.8) is 0 Å². The highest BCUT2D eigenvalue weighted by Gasteiger charge is 2.36. The third-order valence-electron chi connectivity index (χ3n) is 4.58. The molecule has 1 saturated heterocycles. The van der Waals surface area contributed by atoms with Crippen molar-refractivity contribution in [1.82, 2.24) is 10.2 Å². The average Bonchev–Trinajstić information content (AvgIpc) is 3.10. The van der Waals surface area contributed by atoms with Crippen LogP contribution >= 0.6 is 0 Å². The smallest absolute Gasteiger partial charge is 0.239 e. The topological polar surface area (TPSA) is 89.1 Å². The first kappa shape index (κ1) is 18.5. The van der Waals surface area contributed by atoms with Crippen LogP contribution in [0.15, 0.2) is 18.2 Å². The molecule has 8 heteroatoms. The lowest BCUT2D eigenvalue weighted by molar-refractivity contribution is -0.138. The number of benzene rings is 1. The van der Waals surface area contributed by atoms with E-state index < -0.39 is 5.41 Å². The molecule has 2 amide bonds. The second-order valence-corrected chi connectivity index (χ2v) is 6.86. The van der Waals surface area contributed by atoms with Crippen LogP contribution in [0.5, 0.6) is 11.5 Å². The van der Waals surface area contributed by atoms with Crippen LogP contribution in [0, 0.1) is 5.41 Å². The molecule has 2 aliphatic heterocycles. The van der Waals surface area contributed by atoms with E-state index >= 15 is 0 Å². The Bertz CT molecular complexity index is 671. The number of carbonyl (C=O) groups is 2. The zero-order valence-electron chi connectivity index (χ0n) is 15.2. The number of morpholine rings is 1. The van der Waals surface area contributed by atoms with Gasteiger partial charge in [-0.3, -0.25) is 14.5 Å². The van der Waals surface area contributed by atoms with Crippen LogP contribution in [0.4, 0.5) is 5.69 Å². The zero-order chi connectivity index (χ0) is 18.6. The summed E-state index contributed by atoms with van der Waals surface area (Å²) in [5.41, 5.74) is -0.630. The molecule has 0 bridgehead atoms. The first-order valence-corrected chi connectivity index (χ1v) is 8.76. The van der Waals surface area contributed by atoms with Crippen molar-refractivity contribution in [2.24, 2.45) is 5.41 Å². The van der Waals surface area contributed by atoms with E-state index in [9.17, 15) is 9.59 Å². The Kier molecular flexibility index (Phi) is 5.63. The molecule has 0 spiro atoms. The molecule has 3 rings (SSSR count). The van der Waals surface area contributed by atoms with Crippen LogP contribution in [-0.4, -0.2) is 62.9 Å². The van der Waals surface area contributed by atoms with E-state index in [1.165, 1.54) is 0 Å². The zero-order valence-corrected chi connectivity index (χ0v) is 15.2. The summed E-state index contributed by atoms with van der Waals surface area (Å²) >= 11 is 0.